The number of hydrogen-bond acceptors (Lipinski definition) is 9. The first-order valence-electron chi connectivity index (χ1n) is 13.4. The smallest absolute Gasteiger partial charge is 0.378 e. The summed E-state index contributed by atoms with van der Waals surface area (Å²) in [6.45, 7) is 7.24. The summed E-state index contributed by atoms with van der Waals surface area (Å²) in [7, 11) is 1.97. The van der Waals surface area contributed by atoms with Crippen molar-refractivity contribution < 1.29 is 27.1 Å². The number of morpholine rings is 1. The van der Waals surface area contributed by atoms with Gasteiger partial charge in [0.25, 0.3) is 11.5 Å². The molecule has 0 saturated carbocycles. The third-order valence-electron chi connectivity index (χ3n) is 7.61. The van der Waals surface area contributed by atoms with Gasteiger partial charge in [-0.2, -0.15) is 18.3 Å². The van der Waals surface area contributed by atoms with Crippen LogP contribution in [0.1, 0.15) is 29.9 Å². The molecule has 2 fully saturated rings. The van der Waals surface area contributed by atoms with Gasteiger partial charge in [-0.3, -0.25) is 14.5 Å². The predicted molar refractivity (Wildman–Crippen MR) is 147 cm³/mol. The average Bonchev–Trinajstić information content (AvgIpc) is 2.96. The molecule has 4 heterocycles. The summed E-state index contributed by atoms with van der Waals surface area (Å²) in [5, 5.41) is 7.74. The van der Waals surface area contributed by atoms with E-state index >= 15 is 4.39 Å². The van der Waals surface area contributed by atoms with Gasteiger partial charge in [0.1, 0.15) is 5.82 Å². The lowest BCUT2D eigenvalue weighted by atomic mass is 10.0. The van der Waals surface area contributed by atoms with E-state index in [4.69, 9.17) is 4.74 Å². The van der Waals surface area contributed by atoms with Gasteiger partial charge >= 0.3 is 6.18 Å². The quantitative estimate of drug-likeness (QED) is 0.433. The Kier molecular flexibility index (Phi) is 8.14. The lowest BCUT2D eigenvalue weighted by molar-refractivity contribution is -0.138. The molecule has 3 aromatic rings. The maximum Gasteiger partial charge on any atom is 0.418 e. The van der Waals surface area contributed by atoms with Crippen molar-refractivity contribution in [3.63, 3.8) is 0 Å². The summed E-state index contributed by atoms with van der Waals surface area (Å²) in [5.74, 6) is -1.38. The molecule has 1 aromatic carbocycles. The van der Waals surface area contributed by atoms with Gasteiger partial charge in [0.05, 0.1) is 30.2 Å². The van der Waals surface area contributed by atoms with E-state index in [2.05, 4.69) is 25.3 Å². The Hall–Kier alpha value is -4.11. The highest BCUT2D eigenvalue weighted by molar-refractivity contribution is 6.06. The molecular formula is C27H30F4N8O3. The fourth-order valence-electron chi connectivity index (χ4n) is 5.11. The van der Waals surface area contributed by atoms with E-state index in [0.717, 1.165) is 0 Å². The molecule has 42 heavy (non-hydrogen) atoms. The van der Waals surface area contributed by atoms with Crippen LogP contribution in [0.5, 0.6) is 0 Å². The lowest BCUT2D eigenvalue weighted by Crippen LogP contribution is -2.55. The topological polar surface area (TPSA) is 120 Å². The second-order valence-corrected chi connectivity index (χ2v) is 10.4. The number of piperazine rings is 1. The molecule has 2 aliphatic heterocycles. The maximum atomic E-state index is 15.7. The Bertz CT molecular complexity index is 1500. The molecule has 5 rings (SSSR count). The van der Waals surface area contributed by atoms with Crippen LogP contribution >= 0.6 is 0 Å². The molecule has 0 radical (unpaired) electrons. The van der Waals surface area contributed by atoms with E-state index in [-0.39, 0.29) is 29.4 Å². The second kappa shape index (κ2) is 11.6. The van der Waals surface area contributed by atoms with Crippen LogP contribution in [-0.2, 0) is 10.9 Å². The van der Waals surface area contributed by atoms with Gasteiger partial charge < -0.3 is 19.9 Å². The third kappa shape index (κ3) is 6.06. The molecule has 0 spiro atoms. The standard InChI is InChI=1S/C27H30F4N8O3/c1-15-13-39(14-16(2)37(15)3)22-10-20(28)18(17-11-32-26(33-12-17)38-4-6-42-7-5-38)8-21(22)34-25(41)24-19(27(29,30)31)9-23(40)35-36-24/h8-12,15-16H,4-7,13-14H2,1-3H3,(H,34,41)(H,35,40). The number of ether oxygens (including phenoxy) is 1. The van der Waals surface area contributed by atoms with Gasteiger partial charge in [0, 0.05) is 67.8 Å². The van der Waals surface area contributed by atoms with Gasteiger partial charge in [0.2, 0.25) is 5.95 Å². The first-order valence-corrected chi connectivity index (χ1v) is 13.4. The molecule has 0 aliphatic carbocycles. The molecule has 2 aromatic heterocycles. The number of hydrogen-bond donors (Lipinski definition) is 2. The molecule has 11 nitrogen and oxygen atoms in total. The average molecular weight is 591 g/mol. The fourth-order valence-corrected chi connectivity index (χ4v) is 5.11. The van der Waals surface area contributed by atoms with Crippen molar-refractivity contribution in [2.24, 2.45) is 0 Å². The lowest BCUT2D eigenvalue weighted by Gasteiger charge is -2.44. The number of amides is 1. The molecule has 224 valence electrons. The number of carbonyl (C=O) groups excluding carboxylic acids is 1. The Labute approximate surface area is 238 Å². The van der Waals surface area contributed by atoms with Crippen LogP contribution in [0.15, 0.2) is 35.4 Å². The number of nitrogens with zero attached hydrogens (tertiary/aromatic N) is 6. The van der Waals surface area contributed by atoms with Crippen molar-refractivity contribution in [1.82, 2.24) is 25.1 Å². The number of H-pyrrole nitrogens is 1. The van der Waals surface area contributed by atoms with Crippen LogP contribution in [-0.4, -0.2) is 89.5 Å². The molecule has 1 amide bonds. The molecule has 2 unspecified atom stereocenters. The van der Waals surface area contributed by atoms with E-state index in [9.17, 15) is 22.8 Å². The molecular weight excluding hydrogens is 560 g/mol. The van der Waals surface area contributed by atoms with Crippen molar-refractivity contribution in [3.05, 3.63) is 58.0 Å². The fraction of sp³-hybridized carbons (Fsp3) is 0.444. The van der Waals surface area contributed by atoms with Gasteiger partial charge in [-0.25, -0.2) is 19.5 Å². The highest BCUT2D eigenvalue weighted by Gasteiger charge is 2.37. The summed E-state index contributed by atoms with van der Waals surface area (Å²) >= 11 is 0. The van der Waals surface area contributed by atoms with Crippen LogP contribution < -0.4 is 20.7 Å². The number of anilines is 3. The number of rotatable bonds is 5. The Morgan fingerprint density at radius 3 is 2.31 bits per heavy atom. The number of likely N-dealkylation sites (N-methyl/N-ethyl adjacent to an activating group) is 1. The van der Waals surface area contributed by atoms with Crippen molar-refractivity contribution in [2.75, 3.05) is 61.6 Å². The summed E-state index contributed by atoms with van der Waals surface area (Å²) in [6.07, 6.45) is -2.11. The Balaban J connectivity index is 1.54. The number of aromatic nitrogens is 4. The predicted octanol–water partition coefficient (Wildman–Crippen LogP) is 3.00. The largest absolute Gasteiger partial charge is 0.418 e. The van der Waals surface area contributed by atoms with E-state index in [0.29, 0.717) is 56.6 Å². The summed E-state index contributed by atoms with van der Waals surface area (Å²) in [6, 6.07) is 3.01. The number of halogens is 4. The minimum Gasteiger partial charge on any atom is -0.378 e. The highest BCUT2D eigenvalue weighted by Crippen LogP contribution is 2.37. The van der Waals surface area contributed by atoms with Crippen molar-refractivity contribution in [2.45, 2.75) is 32.1 Å². The summed E-state index contributed by atoms with van der Waals surface area (Å²) in [4.78, 5) is 39.5. The summed E-state index contributed by atoms with van der Waals surface area (Å²) < 4.78 is 62.0. The molecule has 2 N–H and O–H groups in total. The van der Waals surface area contributed by atoms with E-state index < -0.39 is 34.7 Å². The van der Waals surface area contributed by atoms with E-state index in [1.807, 2.05) is 35.8 Å². The summed E-state index contributed by atoms with van der Waals surface area (Å²) in [5.41, 5.74) is -2.89. The molecule has 2 saturated heterocycles. The van der Waals surface area contributed by atoms with Gasteiger partial charge in [-0.05, 0) is 33.0 Å². The maximum absolute atomic E-state index is 15.7. The van der Waals surface area contributed by atoms with Crippen molar-refractivity contribution in [3.8, 4) is 11.1 Å². The van der Waals surface area contributed by atoms with Crippen molar-refractivity contribution >= 4 is 23.2 Å². The van der Waals surface area contributed by atoms with Gasteiger partial charge in [-0.15, -0.1) is 0 Å². The number of aromatic amines is 1. The zero-order valence-electron chi connectivity index (χ0n) is 23.2. The molecule has 15 heteroatoms. The molecule has 2 atom stereocenters. The number of benzene rings is 1. The first-order chi connectivity index (χ1) is 19.9. The number of alkyl halides is 3. The minimum absolute atomic E-state index is 0.0447. The van der Waals surface area contributed by atoms with E-state index in [1.165, 1.54) is 24.5 Å². The molecule has 2 aliphatic rings. The zero-order chi connectivity index (χ0) is 30.2. The Morgan fingerprint density at radius 1 is 1.05 bits per heavy atom. The van der Waals surface area contributed by atoms with Gasteiger partial charge in [0.15, 0.2) is 5.69 Å². The zero-order valence-corrected chi connectivity index (χ0v) is 23.2. The monoisotopic (exact) mass is 590 g/mol. The Morgan fingerprint density at radius 2 is 1.69 bits per heavy atom. The van der Waals surface area contributed by atoms with Gasteiger partial charge in [-0.1, -0.05) is 0 Å². The van der Waals surface area contributed by atoms with Crippen LogP contribution in [0.4, 0.5) is 34.9 Å². The number of nitrogens with one attached hydrogen (secondary N) is 2. The van der Waals surface area contributed by atoms with Crippen LogP contribution in [0, 0.1) is 5.82 Å². The SMILES string of the molecule is CC1CN(c2cc(F)c(-c3cnc(N4CCOCC4)nc3)cc2NC(=O)c2n[nH]c(=O)cc2C(F)(F)F)CC(C)N1C. The third-order valence-corrected chi connectivity index (χ3v) is 7.61. The second-order valence-electron chi connectivity index (χ2n) is 10.4. The van der Waals surface area contributed by atoms with E-state index in [1.54, 1.807) is 0 Å². The molecule has 0 bridgehead atoms. The van der Waals surface area contributed by atoms with Crippen LogP contribution in [0.25, 0.3) is 11.1 Å². The first kappa shape index (κ1) is 29.4. The number of carbonyl (C=O) groups is 1. The minimum atomic E-state index is -5.01. The normalized spacial score (nSPS) is 20.1. The highest BCUT2D eigenvalue weighted by atomic mass is 19.4. The van der Waals surface area contributed by atoms with Crippen molar-refractivity contribution in [1.29, 1.82) is 0 Å². The van der Waals surface area contributed by atoms with Crippen LogP contribution in [0.3, 0.4) is 0 Å². The van der Waals surface area contributed by atoms with Crippen LogP contribution in [0.2, 0.25) is 0 Å².